The maximum absolute atomic E-state index is 12.5. The SMILES string of the molecule is Cc1ccncc1/C=C/C(=O)Nc1sc2c(c1C#N)CCC(COC(=O)N1CCC(O)CC1)C2. The highest BCUT2D eigenvalue weighted by atomic mass is 32.1. The summed E-state index contributed by atoms with van der Waals surface area (Å²) in [5.41, 5.74) is 3.40. The molecule has 1 atom stereocenters. The summed E-state index contributed by atoms with van der Waals surface area (Å²) in [4.78, 5) is 31.6. The van der Waals surface area contributed by atoms with E-state index in [4.69, 9.17) is 4.74 Å². The summed E-state index contributed by atoms with van der Waals surface area (Å²) in [6.07, 6.45) is 9.31. The third-order valence-electron chi connectivity index (χ3n) is 6.37. The number of piperidine rings is 1. The van der Waals surface area contributed by atoms with Crippen LogP contribution in [0.3, 0.4) is 0 Å². The maximum atomic E-state index is 12.5. The number of ether oxygens (including phenoxy) is 1. The number of thiophene rings is 1. The van der Waals surface area contributed by atoms with Gasteiger partial charge in [0.2, 0.25) is 5.91 Å². The zero-order valence-corrected chi connectivity index (χ0v) is 19.9. The highest BCUT2D eigenvalue weighted by Crippen LogP contribution is 2.39. The van der Waals surface area contributed by atoms with E-state index < -0.39 is 0 Å². The molecule has 178 valence electrons. The number of nitrogens with zero attached hydrogens (tertiary/aromatic N) is 3. The van der Waals surface area contributed by atoms with E-state index in [1.54, 1.807) is 23.4 Å². The molecule has 1 saturated heterocycles. The number of aromatic nitrogens is 1. The lowest BCUT2D eigenvalue weighted by atomic mass is 9.88. The van der Waals surface area contributed by atoms with Gasteiger partial charge in [0.25, 0.3) is 0 Å². The Balaban J connectivity index is 1.35. The molecule has 1 aliphatic carbocycles. The van der Waals surface area contributed by atoms with Gasteiger partial charge in [0.15, 0.2) is 0 Å². The number of fused-ring (bicyclic) bond motifs is 1. The van der Waals surface area contributed by atoms with Crippen molar-refractivity contribution in [2.45, 2.75) is 45.1 Å². The van der Waals surface area contributed by atoms with E-state index in [-0.39, 0.29) is 24.0 Å². The van der Waals surface area contributed by atoms with Crippen molar-refractivity contribution in [3.63, 3.8) is 0 Å². The lowest BCUT2D eigenvalue weighted by molar-refractivity contribution is -0.111. The van der Waals surface area contributed by atoms with Crippen molar-refractivity contribution in [3.8, 4) is 6.07 Å². The number of nitriles is 1. The summed E-state index contributed by atoms with van der Waals surface area (Å²) >= 11 is 1.43. The molecule has 2 aromatic heterocycles. The molecular formula is C25H28N4O4S. The molecule has 0 aromatic carbocycles. The molecule has 0 bridgehead atoms. The number of likely N-dealkylation sites (tertiary alicyclic amines) is 1. The predicted octanol–water partition coefficient (Wildman–Crippen LogP) is 3.67. The number of hydrogen-bond donors (Lipinski definition) is 2. The van der Waals surface area contributed by atoms with Crippen molar-refractivity contribution in [1.82, 2.24) is 9.88 Å². The number of hydrogen-bond acceptors (Lipinski definition) is 7. The highest BCUT2D eigenvalue weighted by Gasteiger charge is 2.28. The molecule has 0 spiro atoms. The normalized spacial score (nSPS) is 18.4. The van der Waals surface area contributed by atoms with Gasteiger partial charge < -0.3 is 20.1 Å². The minimum absolute atomic E-state index is 0.175. The van der Waals surface area contributed by atoms with Gasteiger partial charge in [-0.15, -0.1) is 11.3 Å². The lowest BCUT2D eigenvalue weighted by Crippen LogP contribution is -2.41. The van der Waals surface area contributed by atoms with Crippen molar-refractivity contribution >= 4 is 34.4 Å². The Kier molecular flexibility index (Phi) is 7.60. The fraction of sp³-hybridized carbons (Fsp3) is 0.440. The number of pyridine rings is 1. The summed E-state index contributed by atoms with van der Waals surface area (Å²) in [7, 11) is 0. The van der Waals surface area contributed by atoms with Crippen LogP contribution in [0.2, 0.25) is 0 Å². The van der Waals surface area contributed by atoms with Gasteiger partial charge in [-0.25, -0.2) is 4.79 Å². The number of amides is 2. The van der Waals surface area contributed by atoms with E-state index >= 15 is 0 Å². The molecule has 2 N–H and O–H groups in total. The predicted molar refractivity (Wildman–Crippen MR) is 129 cm³/mol. The molecular weight excluding hydrogens is 452 g/mol. The molecule has 1 fully saturated rings. The van der Waals surface area contributed by atoms with Gasteiger partial charge in [-0.3, -0.25) is 9.78 Å². The molecule has 0 saturated carbocycles. The van der Waals surface area contributed by atoms with E-state index in [1.165, 1.54) is 17.4 Å². The van der Waals surface area contributed by atoms with E-state index in [2.05, 4.69) is 16.4 Å². The van der Waals surface area contributed by atoms with Gasteiger partial charge in [0, 0.05) is 36.4 Å². The molecule has 2 amide bonds. The van der Waals surface area contributed by atoms with Gasteiger partial charge in [0.1, 0.15) is 11.1 Å². The Labute approximate surface area is 202 Å². The van der Waals surface area contributed by atoms with E-state index in [1.807, 2.05) is 13.0 Å². The van der Waals surface area contributed by atoms with Crippen molar-refractivity contribution < 1.29 is 19.4 Å². The Morgan fingerprint density at radius 3 is 2.91 bits per heavy atom. The molecule has 0 radical (unpaired) electrons. The third-order valence-corrected chi connectivity index (χ3v) is 7.54. The van der Waals surface area contributed by atoms with Gasteiger partial charge in [-0.1, -0.05) is 0 Å². The van der Waals surface area contributed by atoms with E-state index in [0.717, 1.165) is 28.0 Å². The number of carbonyl (C=O) groups is 2. The summed E-state index contributed by atoms with van der Waals surface area (Å²) < 4.78 is 5.54. The van der Waals surface area contributed by atoms with Crippen LogP contribution in [0.1, 0.15) is 46.4 Å². The second-order valence-corrected chi connectivity index (χ2v) is 9.88. The van der Waals surface area contributed by atoms with Crippen LogP contribution in [0.4, 0.5) is 9.80 Å². The molecule has 34 heavy (non-hydrogen) atoms. The first-order valence-corrected chi connectivity index (χ1v) is 12.3. The minimum atomic E-state index is -0.335. The average molecular weight is 481 g/mol. The van der Waals surface area contributed by atoms with Crippen LogP contribution in [0, 0.1) is 24.2 Å². The molecule has 2 aromatic rings. The van der Waals surface area contributed by atoms with E-state index in [9.17, 15) is 20.0 Å². The number of carbonyl (C=O) groups excluding carboxylic acids is 2. The van der Waals surface area contributed by atoms with Gasteiger partial charge >= 0.3 is 6.09 Å². The second-order valence-electron chi connectivity index (χ2n) is 8.78. The zero-order valence-electron chi connectivity index (χ0n) is 19.1. The van der Waals surface area contributed by atoms with E-state index in [0.29, 0.717) is 55.9 Å². The number of aliphatic hydroxyl groups is 1. The van der Waals surface area contributed by atoms with Gasteiger partial charge in [-0.05, 0) is 73.8 Å². The van der Waals surface area contributed by atoms with Gasteiger partial charge in [0.05, 0.1) is 18.3 Å². The monoisotopic (exact) mass is 480 g/mol. The highest BCUT2D eigenvalue weighted by molar-refractivity contribution is 7.16. The summed E-state index contributed by atoms with van der Waals surface area (Å²) in [5, 5.41) is 22.7. The maximum Gasteiger partial charge on any atom is 0.409 e. The Morgan fingerprint density at radius 1 is 1.38 bits per heavy atom. The molecule has 8 nitrogen and oxygen atoms in total. The lowest BCUT2D eigenvalue weighted by Gasteiger charge is -2.30. The Bertz CT molecular complexity index is 1130. The number of rotatable bonds is 5. The zero-order chi connectivity index (χ0) is 24.1. The smallest absolute Gasteiger partial charge is 0.409 e. The Morgan fingerprint density at radius 2 is 2.18 bits per heavy atom. The summed E-state index contributed by atoms with van der Waals surface area (Å²) in [5.74, 6) is -0.121. The average Bonchev–Trinajstić information content (AvgIpc) is 3.18. The van der Waals surface area contributed by atoms with Crippen LogP contribution >= 0.6 is 11.3 Å². The topological polar surface area (TPSA) is 116 Å². The second kappa shape index (κ2) is 10.8. The largest absolute Gasteiger partial charge is 0.449 e. The number of nitrogens with one attached hydrogen (secondary N) is 1. The Hall–Kier alpha value is -3.22. The van der Waals surface area contributed by atoms with Crippen LogP contribution in [0.25, 0.3) is 6.08 Å². The fourth-order valence-corrected chi connectivity index (χ4v) is 5.62. The van der Waals surface area contributed by atoms with Crippen LogP contribution in [0.15, 0.2) is 24.5 Å². The first-order valence-electron chi connectivity index (χ1n) is 11.5. The number of aliphatic hydroxyl groups excluding tert-OH is 1. The molecule has 2 aliphatic rings. The standard InChI is InChI=1S/C25H28N4O4S/c1-16-6-9-27-14-18(16)3-5-23(31)28-24-21(13-26)20-4-2-17(12-22(20)34-24)15-33-25(32)29-10-7-19(30)8-11-29/h3,5-6,9,14,17,19,30H,2,4,7-8,10-12,15H2,1H3,(H,28,31)/b5-3+. The van der Waals surface area contributed by atoms with Crippen LogP contribution in [-0.4, -0.2) is 52.8 Å². The van der Waals surface area contributed by atoms with Crippen LogP contribution in [0.5, 0.6) is 0 Å². The first kappa shape index (κ1) is 23.9. The minimum Gasteiger partial charge on any atom is -0.449 e. The van der Waals surface area contributed by atoms with Gasteiger partial charge in [-0.2, -0.15) is 5.26 Å². The molecule has 1 aliphatic heterocycles. The van der Waals surface area contributed by atoms with Crippen LogP contribution < -0.4 is 5.32 Å². The van der Waals surface area contributed by atoms with Crippen molar-refractivity contribution in [2.24, 2.45) is 5.92 Å². The number of aryl methyl sites for hydroxylation is 1. The van der Waals surface area contributed by atoms with Crippen LogP contribution in [-0.2, 0) is 22.4 Å². The molecule has 4 rings (SSSR count). The molecule has 9 heteroatoms. The third kappa shape index (κ3) is 5.64. The van der Waals surface area contributed by atoms with Crippen molar-refractivity contribution in [2.75, 3.05) is 25.0 Å². The van der Waals surface area contributed by atoms with Crippen molar-refractivity contribution in [3.05, 3.63) is 51.7 Å². The fourth-order valence-electron chi connectivity index (χ4n) is 4.30. The molecule has 3 heterocycles. The molecule has 1 unspecified atom stereocenters. The first-order chi connectivity index (χ1) is 16.4. The summed E-state index contributed by atoms with van der Waals surface area (Å²) in [6.45, 7) is 3.31. The summed E-state index contributed by atoms with van der Waals surface area (Å²) in [6, 6.07) is 4.13. The number of anilines is 1. The van der Waals surface area contributed by atoms with Crippen molar-refractivity contribution in [1.29, 1.82) is 5.26 Å². The quantitative estimate of drug-likeness (QED) is 0.631.